The maximum Gasteiger partial charge on any atom is 0.220 e. The van der Waals surface area contributed by atoms with Gasteiger partial charge >= 0.3 is 0 Å². The van der Waals surface area contributed by atoms with Crippen molar-refractivity contribution in [1.82, 2.24) is 5.32 Å². The van der Waals surface area contributed by atoms with Gasteiger partial charge in [-0.1, -0.05) is 45.1 Å². The molecular weight excluding hydrogens is 486 g/mol. The molecule has 7 heteroatoms. The molecule has 208 valence electrons. The molecule has 1 fully saturated rings. The SMILES string of the molecule is CCCOC1=CC2C3=NC[C@@H](O)[C@H](Cc4cc(F)cc(F)c4)NC(=O)CCCCCCCCC(C3)C2C=C1. The summed E-state index contributed by atoms with van der Waals surface area (Å²) in [6.07, 6.45) is 15.5. The molecule has 0 spiro atoms. The normalized spacial score (nSPS) is 29.1. The van der Waals surface area contributed by atoms with E-state index < -0.39 is 23.8 Å². The van der Waals surface area contributed by atoms with Crippen molar-refractivity contribution in [1.29, 1.82) is 0 Å². The fraction of sp³-hybridized carbons (Fsp3) is 0.613. The Labute approximate surface area is 225 Å². The van der Waals surface area contributed by atoms with Crippen LogP contribution in [0.1, 0.15) is 76.7 Å². The van der Waals surface area contributed by atoms with Gasteiger partial charge in [0.15, 0.2) is 0 Å². The topological polar surface area (TPSA) is 70.9 Å². The van der Waals surface area contributed by atoms with E-state index in [-0.39, 0.29) is 24.8 Å². The molecule has 2 aliphatic carbocycles. The number of amides is 1. The summed E-state index contributed by atoms with van der Waals surface area (Å²) < 4.78 is 33.6. The average molecular weight is 529 g/mol. The van der Waals surface area contributed by atoms with E-state index in [1.165, 1.54) is 31.4 Å². The van der Waals surface area contributed by atoms with Crippen LogP contribution in [0.3, 0.4) is 0 Å². The minimum atomic E-state index is -0.982. The molecule has 1 aromatic rings. The van der Waals surface area contributed by atoms with Crippen molar-refractivity contribution in [2.45, 2.75) is 89.7 Å². The number of carbonyl (C=O) groups excluding carboxylic acids is 1. The van der Waals surface area contributed by atoms with E-state index >= 15 is 0 Å². The molecule has 0 radical (unpaired) electrons. The molecule has 5 atom stereocenters. The highest BCUT2D eigenvalue weighted by Crippen LogP contribution is 2.43. The lowest BCUT2D eigenvalue weighted by Crippen LogP contribution is -2.46. The van der Waals surface area contributed by atoms with E-state index in [1.807, 2.05) is 0 Å². The van der Waals surface area contributed by atoms with E-state index in [4.69, 9.17) is 9.73 Å². The number of benzene rings is 1. The Kier molecular flexibility index (Phi) is 10.5. The summed E-state index contributed by atoms with van der Waals surface area (Å²) in [5.74, 6) is 0.415. The van der Waals surface area contributed by atoms with Crippen LogP contribution in [0.25, 0.3) is 0 Å². The zero-order chi connectivity index (χ0) is 26.9. The number of aliphatic imine (C=N–C) groups is 1. The minimum Gasteiger partial charge on any atom is -0.494 e. The third kappa shape index (κ3) is 7.98. The van der Waals surface area contributed by atoms with E-state index in [0.29, 0.717) is 30.4 Å². The molecule has 1 heterocycles. The zero-order valence-electron chi connectivity index (χ0n) is 22.5. The van der Waals surface area contributed by atoms with E-state index in [0.717, 1.165) is 56.1 Å². The third-order valence-electron chi connectivity index (χ3n) is 8.01. The highest BCUT2D eigenvalue weighted by atomic mass is 19.1. The predicted molar refractivity (Wildman–Crippen MR) is 146 cm³/mol. The Morgan fingerprint density at radius 1 is 1.08 bits per heavy atom. The number of carbonyl (C=O) groups is 1. The first-order valence-corrected chi connectivity index (χ1v) is 14.4. The maximum atomic E-state index is 13.8. The summed E-state index contributed by atoms with van der Waals surface area (Å²) in [6, 6.07) is 2.63. The number of fused-ring (bicyclic) bond motifs is 5. The first-order valence-electron chi connectivity index (χ1n) is 14.4. The van der Waals surface area contributed by atoms with Crippen LogP contribution in [0.4, 0.5) is 8.78 Å². The summed E-state index contributed by atoms with van der Waals surface area (Å²) in [5, 5.41) is 14.1. The molecule has 0 aromatic heterocycles. The lowest BCUT2D eigenvalue weighted by Gasteiger charge is -2.25. The zero-order valence-corrected chi connectivity index (χ0v) is 22.5. The van der Waals surface area contributed by atoms with E-state index in [9.17, 15) is 18.7 Å². The third-order valence-corrected chi connectivity index (χ3v) is 8.01. The Morgan fingerprint density at radius 2 is 1.82 bits per heavy atom. The first kappa shape index (κ1) is 28.5. The fourth-order valence-electron chi connectivity index (χ4n) is 6.04. The average Bonchev–Trinajstić information content (AvgIpc) is 3.22. The smallest absolute Gasteiger partial charge is 0.220 e. The highest BCUT2D eigenvalue weighted by Gasteiger charge is 2.39. The number of hydrogen-bond donors (Lipinski definition) is 2. The van der Waals surface area contributed by atoms with Gasteiger partial charge in [0, 0.05) is 24.1 Å². The predicted octanol–water partition coefficient (Wildman–Crippen LogP) is 6.06. The van der Waals surface area contributed by atoms with Crippen LogP contribution in [0.5, 0.6) is 0 Å². The van der Waals surface area contributed by atoms with E-state index in [2.05, 4.69) is 30.5 Å². The number of hydrogen-bond acceptors (Lipinski definition) is 4. The fourth-order valence-corrected chi connectivity index (χ4v) is 6.04. The number of nitrogens with one attached hydrogen (secondary N) is 1. The summed E-state index contributed by atoms with van der Waals surface area (Å²) in [6.45, 7) is 2.88. The molecule has 1 aliphatic heterocycles. The van der Waals surface area contributed by atoms with Crippen LogP contribution in [-0.4, -0.2) is 42.0 Å². The van der Waals surface area contributed by atoms with Crippen LogP contribution < -0.4 is 5.32 Å². The lowest BCUT2D eigenvalue weighted by atomic mass is 9.83. The molecule has 1 amide bonds. The number of aliphatic hydroxyl groups is 1. The maximum absolute atomic E-state index is 13.8. The Bertz CT molecular complexity index is 1020. The van der Waals surface area contributed by atoms with Crippen molar-refractivity contribution in [3.05, 3.63) is 59.4 Å². The van der Waals surface area contributed by atoms with Crippen molar-refractivity contribution in [2.24, 2.45) is 22.7 Å². The van der Waals surface area contributed by atoms with Gasteiger partial charge in [-0.2, -0.15) is 0 Å². The molecular formula is C31H42F2N2O3. The quantitative estimate of drug-likeness (QED) is 0.488. The van der Waals surface area contributed by atoms with Crippen molar-refractivity contribution in [3.63, 3.8) is 0 Å². The molecule has 4 rings (SSSR count). The van der Waals surface area contributed by atoms with Crippen LogP contribution in [0.2, 0.25) is 0 Å². The van der Waals surface area contributed by atoms with Crippen LogP contribution >= 0.6 is 0 Å². The molecule has 2 N–H and O–H groups in total. The minimum absolute atomic E-state index is 0.122. The van der Waals surface area contributed by atoms with Gasteiger partial charge in [-0.05, 0) is 73.8 Å². The molecule has 1 aromatic carbocycles. The van der Waals surface area contributed by atoms with Crippen molar-refractivity contribution < 1.29 is 23.4 Å². The second kappa shape index (κ2) is 14.0. The van der Waals surface area contributed by atoms with Crippen molar-refractivity contribution in [2.75, 3.05) is 13.2 Å². The number of rotatable bonds is 5. The summed E-state index contributed by atoms with van der Waals surface area (Å²) >= 11 is 0. The number of halogens is 2. The van der Waals surface area contributed by atoms with Gasteiger partial charge in [-0.15, -0.1) is 0 Å². The number of ether oxygens (including phenoxy) is 1. The molecule has 3 unspecified atom stereocenters. The van der Waals surface area contributed by atoms with E-state index in [1.54, 1.807) is 0 Å². The van der Waals surface area contributed by atoms with Crippen LogP contribution in [0.15, 0.2) is 47.2 Å². The molecule has 2 bridgehead atoms. The van der Waals surface area contributed by atoms with Crippen LogP contribution in [0, 0.1) is 29.4 Å². The highest BCUT2D eigenvalue weighted by molar-refractivity contribution is 5.91. The Balaban J connectivity index is 1.56. The number of aliphatic hydroxyl groups excluding tert-OH is 1. The Hall–Kier alpha value is -2.54. The largest absolute Gasteiger partial charge is 0.494 e. The molecule has 0 saturated heterocycles. The second-order valence-electron chi connectivity index (χ2n) is 11.1. The number of nitrogens with zero attached hydrogens (tertiary/aromatic N) is 1. The monoisotopic (exact) mass is 528 g/mol. The summed E-state index contributed by atoms with van der Waals surface area (Å²) in [4.78, 5) is 17.6. The van der Waals surface area contributed by atoms with Gasteiger partial charge in [0.2, 0.25) is 5.91 Å². The van der Waals surface area contributed by atoms with Gasteiger partial charge in [0.1, 0.15) is 17.4 Å². The van der Waals surface area contributed by atoms with Gasteiger partial charge in [-0.3, -0.25) is 9.79 Å². The molecule has 1 saturated carbocycles. The standard InChI is InChI=1S/C31H42F2N2O3/c1-2-13-38-25-11-12-26-22-9-7-5-3-4-6-8-10-31(37)35-29(16-21-14-23(32)18-24(33)15-21)30(36)20-34-28(17-22)27(26)19-25/h11-12,14-15,18-19,22,26-27,29-30,36H,2-10,13,16-17,20H2,1H3,(H,35,37)/t22?,26?,27?,29-,30+/m0/s1. The first-order chi connectivity index (χ1) is 18.4. The van der Waals surface area contributed by atoms with Gasteiger partial charge in [-0.25, -0.2) is 8.78 Å². The Morgan fingerprint density at radius 3 is 2.58 bits per heavy atom. The van der Waals surface area contributed by atoms with Crippen molar-refractivity contribution >= 4 is 11.6 Å². The molecule has 5 nitrogen and oxygen atoms in total. The second-order valence-corrected chi connectivity index (χ2v) is 11.1. The van der Waals surface area contributed by atoms with Gasteiger partial charge in [0.05, 0.1) is 25.3 Å². The molecule has 3 aliphatic rings. The van der Waals surface area contributed by atoms with Crippen molar-refractivity contribution in [3.8, 4) is 0 Å². The summed E-state index contributed by atoms with van der Waals surface area (Å²) in [5.41, 5.74) is 1.46. The van der Waals surface area contributed by atoms with Crippen LogP contribution in [-0.2, 0) is 16.0 Å². The molecule has 38 heavy (non-hydrogen) atoms. The lowest BCUT2D eigenvalue weighted by molar-refractivity contribution is -0.122. The number of allylic oxidation sites excluding steroid dienone is 3. The van der Waals surface area contributed by atoms with Gasteiger partial charge in [0.25, 0.3) is 0 Å². The summed E-state index contributed by atoms with van der Waals surface area (Å²) in [7, 11) is 0. The van der Waals surface area contributed by atoms with Gasteiger partial charge < -0.3 is 15.2 Å².